The van der Waals surface area contributed by atoms with Gasteiger partial charge in [0.1, 0.15) is 0 Å². The van der Waals surface area contributed by atoms with E-state index in [2.05, 4.69) is 4.74 Å². The monoisotopic (exact) mass is 444 g/mol. The Kier molecular flexibility index (Phi) is 7.89. The molecule has 3 N–H and O–H groups in total. The second-order valence-corrected chi connectivity index (χ2v) is 3.05. The summed E-state index contributed by atoms with van der Waals surface area (Å²) in [6.45, 7) is 0.912. The molecule has 0 saturated carbocycles. The van der Waals surface area contributed by atoms with Crippen molar-refractivity contribution < 1.29 is 39.2 Å². The standard InChI is InChI=1S/C8H10O8.Pb.2H/c1-4(9)16-6(12)3-8(15,7(13)14)2-5(10)11;;;/h15H,2-3H2,1H3,(H,10,11)(H,13,14);;;. The van der Waals surface area contributed by atoms with Crippen molar-refractivity contribution in [2.24, 2.45) is 0 Å². The summed E-state index contributed by atoms with van der Waals surface area (Å²) in [5, 5.41) is 26.3. The third kappa shape index (κ3) is 6.99. The summed E-state index contributed by atoms with van der Waals surface area (Å²) in [4.78, 5) is 42.1. The maximum atomic E-state index is 10.9. The Morgan fingerprint density at radius 2 is 1.59 bits per heavy atom. The summed E-state index contributed by atoms with van der Waals surface area (Å²) in [7, 11) is 0. The Labute approximate surface area is 116 Å². The fourth-order valence-electron chi connectivity index (χ4n) is 0.899. The van der Waals surface area contributed by atoms with Gasteiger partial charge in [-0.3, -0.25) is 14.4 Å². The van der Waals surface area contributed by atoms with Crippen LogP contribution in [0.1, 0.15) is 19.8 Å². The summed E-state index contributed by atoms with van der Waals surface area (Å²) < 4.78 is 3.98. The number of hydrogen-bond donors (Lipinski definition) is 3. The summed E-state index contributed by atoms with van der Waals surface area (Å²) in [5.41, 5.74) is -2.78. The van der Waals surface area contributed by atoms with E-state index in [-0.39, 0.29) is 27.3 Å². The van der Waals surface area contributed by atoms with Crippen molar-refractivity contribution in [1.82, 2.24) is 0 Å². The molecule has 96 valence electrons. The first-order chi connectivity index (χ1) is 7.17. The molecule has 1 unspecified atom stereocenters. The minimum atomic E-state index is -2.78. The van der Waals surface area contributed by atoms with E-state index >= 15 is 0 Å². The molecular weight excluding hydrogens is 431 g/mol. The third-order valence-electron chi connectivity index (χ3n) is 1.54. The normalized spacial score (nSPS) is 12.8. The topological polar surface area (TPSA) is 138 Å². The molecule has 0 amide bonds. The fourth-order valence-corrected chi connectivity index (χ4v) is 0.899. The van der Waals surface area contributed by atoms with Gasteiger partial charge in [0.05, 0.1) is 12.8 Å². The molecule has 0 aliphatic heterocycles. The van der Waals surface area contributed by atoms with Gasteiger partial charge in [-0.05, 0) is 0 Å². The number of aliphatic hydroxyl groups is 1. The molecule has 9 heteroatoms. The molecule has 0 aromatic rings. The number of carboxylic acids is 2. The van der Waals surface area contributed by atoms with Gasteiger partial charge < -0.3 is 20.1 Å². The van der Waals surface area contributed by atoms with Gasteiger partial charge in [-0.15, -0.1) is 0 Å². The van der Waals surface area contributed by atoms with Crippen LogP contribution in [0.4, 0.5) is 0 Å². The number of carbonyl (C=O) groups excluding carboxylic acids is 2. The SMILES string of the molecule is CC(=O)OC(=O)CC(O)(CC(=O)O)C(=O)O.[PbH2]. The zero-order valence-corrected chi connectivity index (χ0v) is 14.5. The van der Waals surface area contributed by atoms with Gasteiger partial charge in [-0.25, -0.2) is 4.79 Å². The molecule has 0 aliphatic rings. The van der Waals surface area contributed by atoms with E-state index in [0.29, 0.717) is 0 Å². The van der Waals surface area contributed by atoms with Gasteiger partial charge in [0.2, 0.25) is 0 Å². The van der Waals surface area contributed by atoms with Crippen molar-refractivity contribution in [3.8, 4) is 0 Å². The third-order valence-corrected chi connectivity index (χ3v) is 1.54. The summed E-state index contributed by atoms with van der Waals surface area (Å²) in [6.07, 6.45) is -2.29. The quantitative estimate of drug-likeness (QED) is 0.248. The predicted molar refractivity (Wildman–Crippen MR) is 54.8 cm³/mol. The number of ether oxygens (including phenoxy) is 1. The molecule has 0 aromatic heterocycles. The molecule has 2 radical (unpaired) electrons. The zero-order valence-electron chi connectivity index (χ0n) is 9.00. The average Bonchev–Trinajstić information content (AvgIpc) is 1.98. The van der Waals surface area contributed by atoms with Crippen LogP contribution in [0.2, 0.25) is 0 Å². The van der Waals surface area contributed by atoms with Crippen molar-refractivity contribution in [3.05, 3.63) is 0 Å². The first-order valence-electron chi connectivity index (χ1n) is 4.06. The van der Waals surface area contributed by atoms with Crippen molar-refractivity contribution >= 4 is 51.2 Å². The molecule has 0 aromatic carbocycles. The van der Waals surface area contributed by atoms with E-state index in [0.717, 1.165) is 6.92 Å². The molecule has 8 nitrogen and oxygen atoms in total. The van der Waals surface area contributed by atoms with Crippen LogP contribution in [0.25, 0.3) is 0 Å². The van der Waals surface area contributed by atoms with Gasteiger partial charge in [-0.1, -0.05) is 0 Å². The molecule has 0 saturated heterocycles. The van der Waals surface area contributed by atoms with Crippen molar-refractivity contribution in [1.29, 1.82) is 0 Å². The minimum absolute atomic E-state index is 0. The van der Waals surface area contributed by atoms with Crippen LogP contribution >= 0.6 is 0 Å². The van der Waals surface area contributed by atoms with E-state index in [4.69, 9.17) is 10.2 Å². The molecule has 17 heavy (non-hydrogen) atoms. The maximum absolute atomic E-state index is 10.9. The first kappa shape index (κ1) is 18.3. The Hall–Kier alpha value is -1.04. The Morgan fingerprint density at radius 1 is 1.12 bits per heavy atom. The summed E-state index contributed by atoms with van der Waals surface area (Å²) >= 11 is 0. The number of carbonyl (C=O) groups is 4. The van der Waals surface area contributed by atoms with Gasteiger partial charge in [-0.2, -0.15) is 0 Å². The fraction of sp³-hybridized carbons (Fsp3) is 0.500. The van der Waals surface area contributed by atoms with Crippen LogP contribution in [-0.4, -0.2) is 72.1 Å². The van der Waals surface area contributed by atoms with E-state index in [9.17, 15) is 24.3 Å². The van der Waals surface area contributed by atoms with Gasteiger partial charge >= 0.3 is 51.2 Å². The number of esters is 2. The second kappa shape index (κ2) is 7.32. The van der Waals surface area contributed by atoms with Crippen LogP contribution < -0.4 is 0 Å². The van der Waals surface area contributed by atoms with Gasteiger partial charge in [0.15, 0.2) is 5.60 Å². The molecule has 0 spiro atoms. The van der Waals surface area contributed by atoms with Crippen LogP contribution in [0, 0.1) is 0 Å². The summed E-state index contributed by atoms with van der Waals surface area (Å²) in [6, 6.07) is 0. The van der Waals surface area contributed by atoms with E-state index < -0.39 is 42.3 Å². The van der Waals surface area contributed by atoms with E-state index in [1.807, 2.05) is 0 Å². The van der Waals surface area contributed by atoms with Crippen LogP contribution in [0.15, 0.2) is 0 Å². The zero-order chi connectivity index (χ0) is 12.9. The van der Waals surface area contributed by atoms with E-state index in [1.165, 1.54) is 0 Å². The molecule has 0 bridgehead atoms. The number of rotatable bonds is 5. The Balaban J connectivity index is 0. The Morgan fingerprint density at radius 3 is 1.88 bits per heavy atom. The average molecular weight is 443 g/mol. The Bertz CT molecular complexity index is 338. The van der Waals surface area contributed by atoms with Crippen LogP contribution in [0.3, 0.4) is 0 Å². The van der Waals surface area contributed by atoms with Crippen LogP contribution in [0.5, 0.6) is 0 Å². The summed E-state index contributed by atoms with van der Waals surface area (Å²) in [5.74, 6) is -5.76. The molecule has 0 aliphatic carbocycles. The molecule has 0 fully saturated rings. The number of hydrogen-bond acceptors (Lipinski definition) is 6. The predicted octanol–water partition coefficient (Wildman–Crippen LogP) is -2.16. The van der Waals surface area contributed by atoms with Crippen molar-refractivity contribution in [2.45, 2.75) is 25.4 Å². The van der Waals surface area contributed by atoms with Gasteiger partial charge in [0, 0.05) is 6.92 Å². The second-order valence-electron chi connectivity index (χ2n) is 3.05. The first-order valence-corrected chi connectivity index (χ1v) is 4.06. The number of aliphatic carboxylic acids is 2. The van der Waals surface area contributed by atoms with Crippen LogP contribution in [-0.2, 0) is 23.9 Å². The molecule has 1 atom stereocenters. The van der Waals surface area contributed by atoms with E-state index in [1.54, 1.807) is 0 Å². The van der Waals surface area contributed by atoms with Gasteiger partial charge in [0.25, 0.3) is 0 Å². The van der Waals surface area contributed by atoms with Crippen molar-refractivity contribution in [2.75, 3.05) is 0 Å². The molecule has 0 heterocycles. The molecular formula is C8H12O8Pb. The molecule has 0 rings (SSSR count). The van der Waals surface area contributed by atoms with Crippen molar-refractivity contribution in [3.63, 3.8) is 0 Å². The number of carboxylic acid groups (broad SMARTS) is 2.